The minimum atomic E-state index is 0.0353. The summed E-state index contributed by atoms with van der Waals surface area (Å²) in [4.78, 5) is 11.7. The molecule has 1 heterocycles. The summed E-state index contributed by atoms with van der Waals surface area (Å²) in [6.45, 7) is 3.66. The molecule has 0 aliphatic carbocycles. The van der Waals surface area contributed by atoms with Gasteiger partial charge in [0.1, 0.15) is 0 Å². The van der Waals surface area contributed by atoms with E-state index < -0.39 is 0 Å². The number of benzene rings is 1. The molecular formula is C14H14N2O. The molecule has 1 aliphatic heterocycles. The molecule has 3 heteroatoms. The van der Waals surface area contributed by atoms with Crippen molar-refractivity contribution in [2.75, 3.05) is 0 Å². The maximum Gasteiger partial charge on any atom is 0.223 e. The number of rotatable bonds is 3. The van der Waals surface area contributed by atoms with E-state index in [1.54, 1.807) is 18.2 Å². The quantitative estimate of drug-likeness (QED) is 0.804. The minimum absolute atomic E-state index is 0.0353. The van der Waals surface area contributed by atoms with Crippen molar-refractivity contribution in [3.63, 3.8) is 0 Å². The number of amides is 1. The Balaban J connectivity index is 2.11. The molecule has 0 aromatic heterocycles. The van der Waals surface area contributed by atoms with Gasteiger partial charge in [-0.2, -0.15) is 5.26 Å². The molecule has 2 atom stereocenters. The smallest absolute Gasteiger partial charge is 0.223 e. The third kappa shape index (κ3) is 2.36. The minimum Gasteiger partial charge on any atom is -0.349 e. The first-order chi connectivity index (χ1) is 8.24. The Morgan fingerprint density at radius 2 is 2.18 bits per heavy atom. The molecule has 1 amide bonds. The number of nitrogens with one attached hydrogen (secondary N) is 1. The highest BCUT2D eigenvalue weighted by atomic mass is 16.2. The SMILES string of the molecule is C=CC[C@@H]1C[C@@H](c2ccc(C#N)cc2)NC1=O. The fourth-order valence-corrected chi connectivity index (χ4v) is 2.15. The zero-order chi connectivity index (χ0) is 12.3. The van der Waals surface area contributed by atoms with Crippen molar-refractivity contribution in [3.8, 4) is 6.07 Å². The van der Waals surface area contributed by atoms with E-state index in [9.17, 15) is 4.79 Å². The summed E-state index contributed by atoms with van der Waals surface area (Å²) >= 11 is 0. The fourth-order valence-electron chi connectivity index (χ4n) is 2.15. The van der Waals surface area contributed by atoms with Gasteiger partial charge in [0.05, 0.1) is 17.7 Å². The van der Waals surface area contributed by atoms with Gasteiger partial charge < -0.3 is 5.32 Å². The second-order valence-electron chi connectivity index (χ2n) is 4.25. The summed E-state index contributed by atoms with van der Waals surface area (Å²) in [6.07, 6.45) is 3.31. The number of hydrogen-bond donors (Lipinski definition) is 1. The van der Waals surface area contributed by atoms with Crippen LogP contribution in [-0.2, 0) is 4.79 Å². The second kappa shape index (κ2) is 4.84. The van der Waals surface area contributed by atoms with Gasteiger partial charge in [0.2, 0.25) is 5.91 Å². The van der Waals surface area contributed by atoms with Crippen LogP contribution >= 0.6 is 0 Å². The molecule has 0 bridgehead atoms. The van der Waals surface area contributed by atoms with Crippen LogP contribution in [0.15, 0.2) is 36.9 Å². The lowest BCUT2D eigenvalue weighted by molar-refractivity contribution is -0.122. The van der Waals surface area contributed by atoms with Crippen molar-refractivity contribution in [1.82, 2.24) is 5.32 Å². The van der Waals surface area contributed by atoms with Crippen molar-refractivity contribution in [2.24, 2.45) is 5.92 Å². The zero-order valence-electron chi connectivity index (χ0n) is 9.52. The van der Waals surface area contributed by atoms with E-state index in [1.807, 2.05) is 12.1 Å². The predicted octanol–water partition coefficient (Wildman–Crippen LogP) is 2.31. The van der Waals surface area contributed by atoms with Gasteiger partial charge in [0, 0.05) is 5.92 Å². The fraction of sp³-hybridized carbons (Fsp3) is 0.286. The van der Waals surface area contributed by atoms with E-state index in [4.69, 9.17) is 5.26 Å². The Bertz CT molecular complexity index is 470. The zero-order valence-corrected chi connectivity index (χ0v) is 9.52. The second-order valence-corrected chi connectivity index (χ2v) is 4.25. The molecule has 1 aliphatic rings. The van der Waals surface area contributed by atoms with Gasteiger partial charge in [0.25, 0.3) is 0 Å². The van der Waals surface area contributed by atoms with Gasteiger partial charge in [0.15, 0.2) is 0 Å². The van der Waals surface area contributed by atoms with Crippen LogP contribution < -0.4 is 5.32 Å². The lowest BCUT2D eigenvalue weighted by atomic mass is 9.97. The lowest BCUT2D eigenvalue weighted by Gasteiger charge is -2.09. The normalized spacial score (nSPS) is 22.9. The van der Waals surface area contributed by atoms with E-state index >= 15 is 0 Å². The Morgan fingerprint density at radius 3 is 2.76 bits per heavy atom. The standard InChI is InChI=1S/C14H14N2O/c1-2-3-12-8-13(16-14(12)17)11-6-4-10(9-15)5-7-11/h2,4-7,12-13H,1,3,8H2,(H,16,17)/t12-,13+/m1/s1. The van der Waals surface area contributed by atoms with Gasteiger partial charge in [-0.25, -0.2) is 0 Å². The van der Waals surface area contributed by atoms with E-state index in [2.05, 4.69) is 18.0 Å². The highest BCUT2D eigenvalue weighted by Crippen LogP contribution is 2.30. The number of hydrogen-bond acceptors (Lipinski definition) is 2. The lowest BCUT2D eigenvalue weighted by Crippen LogP contribution is -2.21. The average molecular weight is 226 g/mol. The Kier molecular flexibility index (Phi) is 3.24. The summed E-state index contributed by atoms with van der Waals surface area (Å²) in [5.41, 5.74) is 1.70. The topological polar surface area (TPSA) is 52.9 Å². The van der Waals surface area contributed by atoms with Gasteiger partial charge >= 0.3 is 0 Å². The molecule has 17 heavy (non-hydrogen) atoms. The molecule has 3 nitrogen and oxygen atoms in total. The van der Waals surface area contributed by atoms with E-state index in [1.165, 1.54) is 0 Å². The molecule has 0 saturated carbocycles. The van der Waals surface area contributed by atoms with Crippen molar-refractivity contribution in [3.05, 3.63) is 48.0 Å². The maximum absolute atomic E-state index is 11.7. The molecule has 1 aromatic rings. The van der Waals surface area contributed by atoms with Gasteiger partial charge in [-0.3, -0.25) is 4.79 Å². The number of carbonyl (C=O) groups excluding carboxylic acids is 1. The van der Waals surface area contributed by atoms with Crippen LogP contribution in [-0.4, -0.2) is 5.91 Å². The first-order valence-corrected chi connectivity index (χ1v) is 5.66. The van der Waals surface area contributed by atoms with Crippen molar-refractivity contribution >= 4 is 5.91 Å². The Labute approximate surface area is 101 Å². The van der Waals surface area contributed by atoms with E-state index in [0.29, 0.717) is 5.56 Å². The molecular weight excluding hydrogens is 212 g/mol. The summed E-state index contributed by atoms with van der Waals surface area (Å²) in [5, 5.41) is 11.7. The molecule has 0 spiro atoms. The number of nitrogens with zero attached hydrogens (tertiary/aromatic N) is 1. The van der Waals surface area contributed by atoms with Gasteiger partial charge in [-0.1, -0.05) is 18.2 Å². The molecule has 2 rings (SSSR count). The third-order valence-electron chi connectivity index (χ3n) is 3.10. The maximum atomic E-state index is 11.7. The molecule has 1 fully saturated rings. The van der Waals surface area contributed by atoms with Crippen LogP contribution in [0.3, 0.4) is 0 Å². The van der Waals surface area contributed by atoms with Gasteiger partial charge in [-0.05, 0) is 30.5 Å². The van der Waals surface area contributed by atoms with E-state index in [0.717, 1.165) is 18.4 Å². The predicted molar refractivity (Wildman–Crippen MR) is 65.0 cm³/mol. The third-order valence-corrected chi connectivity index (χ3v) is 3.10. The highest BCUT2D eigenvalue weighted by molar-refractivity contribution is 5.81. The molecule has 1 aromatic carbocycles. The van der Waals surface area contributed by atoms with Crippen molar-refractivity contribution in [2.45, 2.75) is 18.9 Å². The summed E-state index contributed by atoms with van der Waals surface area (Å²) in [5.74, 6) is 0.132. The van der Waals surface area contributed by atoms with Crippen LogP contribution in [0.2, 0.25) is 0 Å². The summed E-state index contributed by atoms with van der Waals surface area (Å²) in [7, 11) is 0. The van der Waals surface area contributed by atoms with Crippen LogP contribution in [0.5, 0.6) is 0 Å². The average Bonchev–Trinajstić information content (AvgIpc) is 2.72. The van der Waals surface area contributed by atoms with Crippen LogP contribution in [0.1, 0.15) is 30.0 Å². The molecule has 0 radical (unpaired) electrons. The molecule has 1 saturated heterocycles. The largest absolute Gasteiger partial charge is 0.349 e. The van der Waals surface area contributed by atoms with Crippen LogP contribution in [0, 0.1) is 17.2 Å². The molecule has 1 N–H and O–H groups in total. The van der Waals surface area contributed by atoms with Crippen molar-refractivity contribution in [1.29, 1.82) is 5.26 Å². The first-order valence-electron chi connectivity index (χ1n) is 5.66. The number of nitriles is 1. The summed E-state index contributed by atoms with van der Waals surface area (Å²) in [6, 6.07) is 9.52. The molecule has 0 unspecified atom stereocenters. The number of carbonyl (C=O) groups is 1. The van der Waals surface area contributed by atoms with Crippen LogP contribution in [0.25, 0.3) is 0 Å². The first kappa shape index (κ1) is 11.4. The van der Waals surface area contributed by atoms with Crippen LogP contribution in [0.4, 0.5) is 0 Å². The Morgan fingerprint density at radius 1 is 1.47 bits per heavy atom. The number of allylic oxidation sites excluding steroid dienone is 1. The Hall–Kier alpha value is -2.08. The highest BCUT2D eigenvalue weighted by Gasteiger charge is 2.31. The summed E-state index contributed by atoms with van der Waals surface area (Å²) < 4.78 is 0. The van der Waals surface area contributed by atoms with E-state index in [-0.39, 0.29) is 17.9 Å². The monoisotopic (exact) mass is 226 g/mol. The van der Waals surface area contributed by atoms with Gasteiger partial charge in [-0.15, -0.1) is 6.58 Å². The molecule has 86 valence electrons. The van der Waals surface area contributed by atoms with Crippen molar-refractivity contribution < 1.29 is 4.79 Å².